The molecule has 3 saturated carbocycles. The molecule has 0 aromatic heterocycles. The van der Waals surface area contributed by atoms with Gasteiger partial charge in [-0.05, 0) is 97.7 Å². The van der Waals surface area contributed by atoms with Gasteiger partial charge in [0.1, 0.15) is 0 Å². The normalized spacial score (nSPS) is 42.6. The molecule has 0 amide bonds. The summed E-state index contributed by atoms with van der Waals surface area (Å²) in [6.45, 7) is 14.1. The SMILES string of the molecule is C.CC.COC1CC2C3CC=C4CC(O)CCC4(C)C3CCC2(C)C1C(C)CCCC(C)CO. The molecule has 200 valence electrons. The molecule has 0 heterocycles. The van der Waals surface area contributed by atoms with Crippen molar-refractivity contribution < 1.29 is 14.9 Å². The molecule has 4 aliphatic rings. The molecule has 0 aromatic rings. The third kappa shape index (κ3) is 5.32. The van der Waals surface area contributed by atoms with Gasteiger partial charge in [-0.1, -0.05) is 73.5 Å². The highest BCUT2D eigenvalue weighted by Gasteiger charge is 2.61. The first-order chi connectivity index (χ1) is 15.7. The maximum absolute atomic E-state index is 10.3. The van der Waals surface area contributed by atoms with Crippen molar-refractivity contribution in [3.05, 3.63) is 11.6 Å². The molecule has 3 fully saturated rings. The Bertz CT molecular complexity index is 659. The molecule has 34 heavy (non-hydrogen) atoms. The predicted molar refractivity (Wildman–Crippen MR) is 145 cm³/mol. The number of allylic oxidation sites excluding steroid dienone is 1. The maximum atomic E-state index is 10.3. The lowest BCUT2D eigenvalue weighted by atomic mass is 9.47. The van der Waals surface area contributed by atoms with Gasteiger partial charge in [-0.25, -0.2) is 0 Å². The topological polar surface area (TPSA) is 49.7 Å². The average molecular weight is 479 g/mol. The number of hydrogen-bond acceptors (Lipinski definition) is 3. The van der Waals surface area contributed by atoms with Gasteiger partial charge in [-0.2, -0.15) is 0 Å². The van der Waals surface area contributed by atoms with Gasteiger partial charge >= 0.3 is 0 Å². The van der Waals surface area contributed by atoms with Crippen LogP contribution in [0, 0.1) is 46.3 Å². The van der Waals surface area contributed by atoms with Gasteiger partial charge in [0.2, 0.25) is 0 Å². The van der Waals surface area contributed by atoms with Crippen LogP contribution in [0.2, 0.25) is 0 Å². The van der Waals surface area contributed by atoms with Gasteiger partial charge in [0.05, 0.1) is 12.2 Å². The Morgan fingerprint density at radius 1 is 1.09 bits per heavy atom. The van der Waals surface area contributed by atoms with Crippen LogP contribution in [0.3, 0.4) is 0 Å². The number of rotatable bonds is 7. The molecule has 10 unspecified atom stereocenters. The number of aliphatic hydroxyl groups is 2. The molecule has 0 radical (unpaired) electrons. The van der Waals surface area contributed by atoms with Crippen molar-refractivity contribution in [2.75, 3.05) is 13.7 Å². The highest BCUT2D eigenvalue weighted by atomic mass is 16.5. The van der Waals surface area contributed by atoms with Crippen molar-refractivity contribution in [2.45, 2.75) is 125 Å². The Kier molecular flexibility index (Phi) is 10.7. The minimum atomic E-state index is -0.118. The van der Waals surface area contributed by atoms with Gasteiger partial charge in [0.25, 0.3) is 0 Å². The molecule has 0 aliphatic heterocycles. The summed E-state index contributed by atoms with van der Waals surface area (Å²) < 4.78 is 6.19. The Balaban J connectivity index is 0.00000133. The van der Waals surface area contributed by atoms with Gasteiger partial charge < -0.3 is 14.9 Å². The van der Waals surface area contributed by atoms with Crippen LogP contribution in [0.25, 0.3) is 0 Å². The minimum absolute atomic E-state index is 0. The molecular weight excluding hydrogens is 420 g/mol. The van der Waals surface area contributed by atoms with Crippen molar-refractivity contribution >= 4 is 0 Å². The zero-order valence-electron chi connectivity index (χ0n) is 22.8. The molecular formula is C31H58O3. The van der Waals surface area contributed by atoms with Gasteiger partial charge in [0, 0.05) is 13.7 Å². The third-order valence-corrected chi connectivity index (χ3v) is 10.7. The number of ether oxygens (including phenoxy) is 1. The Morgan fingerprint density at radius 3 is 2.44 bits per heavy atom. The van der Waals surface area contributed by atoms with Crippen LogP contribution in [0.15, 0.2) is 11.6 Å². The summed E-state index contributed by atoms with van der Waals surface area (Å²) >= 11 is 0. The zero-order valence-corrected chi connectivity index (χ0v) is 22.8. The van der Waals surface area contributed by atoms with E-state index >= 15 is 0 Å². The quantitative estimate of drug-likeness (QED) is 0.369. The molecule has 0 spiro atoms. The molecule has 0 bridgehead atoms. The first kappa shape index (κ1) is 29.8. The van der Waals surface area contributed by atoms with E-state index in [2.05, 4.69) is 33.8 Å². The third-order valence-electron chi connectivity index (χ3n) is 10.7. The highest BCUT2D eigenvalue weighted by Crippen LogP contribution is 2.67. The molecule has 4 aliphatic carbocycles. The van der Waals surface area contributed by atoms with E-state index in [-0.39, 0.29) is 13.5 Å². The predicted octanol–water partition coefficient (Wildman–Crippen LogP) is 7.65. The zero-order chi connectivity index (χ0) is 24.4. The van der Waals surface area contributed by atoms with Crippen LogP contribution in [-0.2, 0) is 4.74 Å². The van der Waals surface area contributed by atoms with Crippen molar-refractivity contribution in [1.29, 1.82) is 0 Å². The van der Waals surface area contributed by atoms with E-state index in [0.717, 1.165) is 37.0 Å². The largest absolute Gasteiger partial charge is 0.396 e. The standard InChI is InChI=1S/C28H48O3.C2H6.CH4/c1-18(17-29)7-6-8-19(2)26-25(31-5)16-24-22-10-9-20-15-21(30)11-13-27(20,3)23(22)12-14-28(24,26)4;1-2;/h9,18-19,21-26,29-30H,6-8,10-17H2,1-5H3;1-2H3;1H4. The lowest BCUT2D eigenvalue weighted by Gasteiger charge is -2.58. The van der Waals surface area contributed by atoms with Crippen LogP contribution in [0.1, 0.15) is 113 Å². The number of hydrogen-bond donors (Lipinski definition) is 2. The second kappa shape index (κ2) is 12.2. The van der Waals surface area contributed by atoms with Crippen molar-refractivity contribution in [3.8, 4) is 0 Å². The molecule has 4 rings (SSSR count). The summed E-state index contributed by atoms with van der Waals surface area (Å²) in [6, 6.07) is 0. The van der Waals surface area contributed by atoms with E-state index in [4.69, 9.17) is 4.74 Å². The summed E-state index contributed by atoms with van der Waals surface area (Å²) in [5, 5.41) is 19.6. The summed E-state index contributed by atoms with van der Waals surface area (Å²) in [6.07, 6.45) is 14.6. The van der Waals surface area contributed by atoms with E-state index in [0.29, 0.717) is 41.3 Å². The van der Waals surface area contributed by atoms with E-state index in [9.17, 15) is 10.2 Å². The molecule has 10 atom stereocenters. The lowest BCUT2D eigenvalue weighted by Crippen LogP contribution is -2.51. The fourth-order valence-electron chi connectivity index (χ4n) is 8.99. The van der Waals surface area contributed by atoms with Crippen LogP contribution >= 0.6 is 0 Å². The molecule has 0 aromatic carbocycles. The molecule has 0 saturated heterocycles. The fourth-order valence-corrected chi connectivity index (χ4v) is 8.99. The smallest absolute Gasteiger partial charge is 0.0610 e. The van der Waals surface area contributed by atoms with Gasteiger partial charge in [0.15, 0.2) is 0 Å². The van der Waals surface area contributed by atoms with E-state index in [1.165, 1.54) is 44.9 Å². The fraction of sp³-hybridized carbons (Fsp3) is 0.935. The Morgan fingerprint density at radius 2 is 1.79 bits per heavy atom. The summed E-state index contributed by atoms with van der Waals surface area (Å²) in [7, 11) is 1.94. The number of methoxy groups -OCH3 is 1. The Hall–Kier alpha value is -0.380. The lowest BCUT2D eigenvalue weighted by molar-refractivity contribution is -0.0643. The second-order valence-corrected chi connectivity index (χ2v) is 12.4. The van der Waals surface area contributed by atoms with Crippen molar-refractivity contribution in [1.82, 2.24) is 0 Å². The average Bonchev–Trinajstić information content (AvgIpc) is 3.13. The Labute approximate surface area is 212 Å². The first-order valence-corrected chi connectivity index (χ1v) is 14.3. The second-order valence-electron chi connectivity index (χ2n) is 12.4. The van der Waals surface area contributed by atoms with Crippen molar-refractivity contribution in [2.24, 2.45) is 46.3 Å². The van der Waals surface area contributed by atoms with Crippen LogP contribution in [0.5, 0.6) is 0 Å². The monoisotopic (exact) mass is 478 g/mol. The highest BCUT2D eigenvalue weighted by molar-refractivity contribution is 5.25. The minimum Gasteiger partial charge on any atom is -0.396 e. The summed E-state index contributed by atoms with van der Waals surface area (Å²) in [5.41, 5.74) is 2.27. The van der Waals surface area contributed by atoms with Gasteiger partial charge in [-0.3, -0.25) is 0 Å². The van der Waals surface area contributed by atoms with Crippen molar-refractivity contribution in [3.63, 3.8) is 0 Å². The van der Waals surface area contributed by atoms with Crippen LogP contribution in [-0.4, -0.2) is 36.1 Å². The van der Waals surface area contributed by atoms with Crippen LogP contribution < -0.4 is 0 Å². The van der Waals surface area contributed by atoms with Gasteiger partial charge in [-0.15, -0.1) is 0 Å². The molecule has 3 nitrogen and oxygen atoms in total. The number of aliphatic hydroxyl groups excluding tert-OH is 2. The molecule has 3 heteroatoms. The van der Waals surface area contributed by atoms with E-state index < -0.39 is 0 Å². The first-order valence-electron chi connectivity index (χ1n) is 14.3. The van der Waals surface area contributed by atoms with Crippen LogP contribution in [0.4, 0.5) is 0 Å². The summed E-state index contributed by atoms with van der Waals surface area (Å²) in [4.78, 5) is 0. The number of fused-ring (bicyclic) bond motifs is 5. The maximum Gasteiger partial charge on any atom is 0.0610 e. The van der Waals surface area contributed by atoms with E-state index in [1.54, 1.807) is 5.57 Å². The molecule has 2 N–H and O–H groups in total. The van der Waals surface area contributed by atoms with E-state index in [1.807, 2.05) is 21.0 Å². The summed E-state index contributed by atoms with van der Waals surface area (Å²) in [5.74, 6) is 4.09.